The summed E-state index contributed by atoms with van der Waals surface area (Å²) in [5.74, 6) is -2.34. The molecule has 0 N–H and O–H groups in total. The lowest BCUT2D eigenvalue weighted by Gasteiger charge is -2.28. The molecule has 2 aromatic rings. The summed E-state index contributed by atoms with van der Waals surface area (Å²) in [7, 11) is 1.17. The zero-order valence-electron chi connectivity index (χ0n) is 15.3. The van der Waals surface area contributed by atoms with E-state index in [4.69, 9.17) is 21.1 Å². The number of nitrogens with zero attached hydrogens (tertiary/aromatic N) is 1. The van der Waals surface area contributed by atoms with Crippen molar-refractivity contribution < 1.29 is 28.7 Å². The SMILES string of the molecule is COC(=O)[C@H]([C@@H](Br)c1ccc(OC(C)=O)c(Cl)c1)N1C(=O)c2ccccc2C1=O. The van der Waals surface area contributed by atoms with Gasteiger partial charge in [0, 0.05) is 6.92 Å². The molecule has 0 aliphatic carbocycles. The van der Waals surface area contributed by atoms with Gasteiger partial charge < -0.3 is 9.47 Å². The fourth-order valence-electron chi connectivity index (χ4n) is 3.05. The average Bonchev–Trinajstić information content (AvgIpc) is 2.94. The number of halogens is 2. The Balaban J connectivity index is 1.99. The Labute approximate surface area is 179 Å². The van der Waals surface area contributed by atoms with Crippen LogP contribution in [0.2, 0.25) is 5.02 Å². The number of carbonyl (C=O) groups excluding carboxylic acids is 4. The number of rotatable bonds is 5. The number of carbonyl (C=O) groups is 4. The van der Waals surface area contributed by atoms with Crippen LogP contribution < -0.4 is 4.74 Å². The zero-order valence-corrected chi connectivity index (χ0v) is 17.7. The maximum absolute atomic E-state index is 12.8. The van der Waals surface area contributed by atoms with Crippen LogP contribution >= 0.6 is 27.5 Å². The molecule has 0 saturated carbocycles. The molecular formula is C20H15BrClNO6. The van der Waals surface area contributed by atoms with Gasteiger partial charge in [-0.2, -0.15) is 0 Å². The van der Waals surface area contributed by atoms with E-state index in [0.717, 1.165) is 4.90 Å². The fraction of sp³-hybridized carbons (Fsp3) is 0.200. The number of fused-ring (bicyclic) bond motifs is 1. The zero-order chi connectivity index (χ0) is 21.3. The molecule has 9 heteroatoms. The highest BCUT2D eigenvalue weighted by Gasteiger charge is 2.46. The van der Waals surface area contributed by atoms with Crippen molar-refractivity contribution in [2.24, 2.45) is 0 Å². The van der Waals surface area contributed by atoms with E-state index >= 15 is 0 Å². The number of hydrogen-bond donors (Lipinski definition) is 0. The first kappa shape index (κ1) is 21.0. The largest absolute Gasteiger partial charge is 0.467 e. The molecule has 150 valence electrons. The Morgan fingerprint density at radius 2 is 1.66 bits per heavy atom. The molecule has 0 unspecified atom stereocenters. The van der Waals surface area contributed by atoms with Crippen LogP contribution in [0, 0.1) is 0 Å². The van der Waals surface area contributed by atoms with E-state index in [1.54, 1.807) is 18.2 Å². The summed E-state index contributed by atoms with van der Waals surface area (Å²) in [4.78, 5) is 49.4. The maximum Gasteiger partial charge on any atom is 0.330 e. The second kappa shape index (κ2) is 8.34. The summed E-state index contributed by atoms with van der Waals surface area (Å²) in [5, 5.41) is 0.133. The molecule has 2 atom stereocenters. The van der Waals surface area contributed by atoms with Crippen LogP contribution in [0.15, 0.2) is 42.5 Å². The summed E-state index contributed by atoms with van der Waals surface area (Å²) in [6, 6.07) is 9.56. The fourth-order valence-corrected chi connectivity index (χ4v) is 4.01. The summed E-state index contributed by atoms with van der Waals surface area (Å²) in [5.41, 5.74) is 0.918. The van der Waals surface area contributed by atoms with Crippen molar-refractivity contribution in [3.05, 3.63) is 64.2 Å². The van der Waals surface area contributed by atoms with E-state index in [-0.39, 0.29) is 21.9 Å². The van der Waals surface area contributed by atoms with Crippen LogP contribution in [0.5, 0.6) is 5.75 Å². The molecule has 2 aromatic carbocycles. The summed E-state index contributed by atoms with van der Waals surface area (Å²) in [6.45, 7) is 1.24. The van der Waals surface area contributed by atoms with E-state index in [0.29, 0.717) is 5.56 Å². The van der Waals surface area contributed by atoms with Crippen LogP contribution in [0.25, 0.3) is 0 Å². The third-order valence-electron chi connectivity index (χ3n) is 4.35. The number of hydrogen-bond acceptors (Lipinski definition) is 6. The van der Waals surface area contributed by atoms with Crippen molar-refractivity contribution in [2.45, 2.75) is 17.8 Å². The van der Waals surface area contributed by atoms with Crippen LogP contribution in [-0.2, 0) is 14.3 Å². The van der Waals surface area contributed by atoms with Gasteiger partial charge in [-0.05, 0) is 29.8 Å². The minimum atomic E-state index is -1.27. The summed E-state index contributed by atoms with van der Waals surface area (Å²) < 4.78 is 9.84. The third-order valence-corrected chi connectivity index (χ3v) is 5.68. The molecule has 2 amide bonds. The summed E-state index contributed by atoms with van der Waals surface area (Å²) >= 11 is 9.56. The first-order valence-electron chi connectivity index (χ1n) is 8.43. The molecule has 0 fully saturated rings. The van der Waals surface area contributed by atoms with E-state index in [1.165, 1.54) is 38.3 Å². The quantitative estimate of drug-likeness (QED) is 0.281. The van der Waals surface area contributed by atoms with E-state index in [2.05, 4.69) is 15.9 Å². The molecule has 1 heterocycles. The minimum Gasteiger partial charge on any atom is -0.467 e. The molecule has 1 aliphatic heterocycles. The number of benzene rings is 2. The van der Waals surface area contributed by atoms with Crippen molar-refractivity contribution in [1.82, 2.24) is 4.90 Å². The van der Waals surface area contributed by atoms with Crippen LogP contribution in [0.4, 0.5) is 0 Å². The number of methoxy groups -OCH3 is 1. The molecule has 0 saturated heterocycles. The maximum atomic E-state index is 12.8. The molecule has 0 radical (unpaired) electrons. The van der Waals surface area contributed by atoms with Crippen molar-refractivity contribution in [3.8, 4) is 5.75 Å². The Morgan fingerprint density at radius 1 is 1.07 bits per heavy atom. The van der Waals surface area contributed by atoms with Gasteiger partial charge in [-0.15, -0.1) is 0 Å². The van der Waals surface area contributed by atoms with E-state index in [9.17, 15) is 19.2 Å². The lowest BCUT2D eigenvalue weighted by Crippen LogP contribution is -2.47. The highest BCUT2D eigenvalue weighted by atomic mass is 79.9. The van der Waals surface area contributed by atoms with Crippen LogP contribution in [-0.4, -0.2) is 41.8 Å². The van der Waals surface area contributed by atoms with Crippen molar-refractivity contribution in [2.75, 3.05) is 7.11 Å². The predicted octanol–water partition coefficient (Wildman–Crippen LogP) is 3.54. The van der Waals surface area contributed by atoms with Gasteiger partial charge in [0.25, 0.3) is 11.8 Å². The average molecular weight is 481 g/mol. The number of ether oxygens (including phenoxy) is 2. The lowest BCUT2D eigenvalue weighted by atomic mass is 10.0. The molecule has 29 heavy (non-hydrogen) atoms. The normalized spacial score (nSPS) is 15.0. The second-order valence-corrected chi connectivity index (χ2v) is 7.57. The first-order chi connectivity index (χ1) is 13.8. The van der Waals surface area contributed by atoms with Gasteiger partial charge in [0.2, 0.25) is 0 Å². The number of alkyl halides is 1. The molecule has 7 nitrogen and oxygen atoms in total. The number of amides is 2. The molecular weight excluding hydrogens is 466 g/mol. The predicted molar refractivity (Wildman–Crippen MR) is 107 cm³/mol. The lowest BCUT2D eigenvalue weighted by molar-refractivity contribution is -0.145. The van der Waals surface area contributed by atoms with Crippen molar-refractivity contribution in [3.63, 3.8) is 0 Å². The monoisotopic (exact) mass is 479 g/mol. The molecule has 0 bridgehead atoms. The van der Waals surface area contributed by atoms with Crippen molar-refractivity contribution in [1.29, 1.82) is 0 Å². The molecule has 0 aromatic heterocycles. The van der Waals surface area contributed by atoms with E-state index in [1.807, 2.05) is 0 Å². The smallest absolute Gasteiger partial charge is 0.330 e. The Bertz CT molecular complexity index is 989. The summed E-state index contributed by atoms with van der Waals surface area (Å²) in [6.07, 6.45) is 0. The van der Waals surface area contributed by atoms with E-state index < -0.39 is 34.6 Å². The van der Waals surface area contributed by atoms with Gasteiger partial charge in [0.15, 0.2) is 6.04 Å². The first-order valence-corrected chi connectivity index (χ1v) is 9.72. The van der Waals surface area contributed by atoms with Gasteiger partial charge in [0.05, 0.1) is 28.1 Å². The Morgan fingerprint density at radius 3 is 2.14 bits per heavy atom. The number of imide groups is 1. The van der Waals surface area contributed by atoms with Gasteiger partial charge in [-0.3, -0.25) is 19.3 Å². The van der Waals surface area contributed by atoms with Gasteiger partial charge in [-0.1, -0.05) is 45.7 Å². The van der Waals surface area contributed by atoms with Crippen LogP contribution in [0.1, 0.15) is 38.0 Å². The Hall–Kier alpha value is -2.71. The topological polar surface area (TPSA) is 90.0 Å². The van der Waals surface area contributed by atoms with Crippen molar-refractivity contribution >= 4 is 51.3 Å². The highest BCUT2D eigenvalue weighted by molar-refractivity contribution is 9.09. The Kier molecular flexibility index (Phi) is 6.04. The number of esters is 2. The van der Waals surface area contributed by atoms with Crippen LogP contribution in [0.3, 0.4) is 0 Å². The second-order valence-electron chi connectivity index (χ2n) is 6.18. The minimum absolute atomic E-state index is 0.133. The molecule has 1 aliphatic rings. The molecule has 0 spiro atoms. The van der Waals surface area contributed by atoms with Gasteiger partial charge in [-0.25, -0.2) is 4.79 Å². The molecule has 3 rings (SSSR count). The third kappa shape index (κ3) is 3.90. The standard InChI is InChI=1S/C20H15BrClNO6/c1-10(24)29-15-8-7-11(9-14(15)22)16(21)17(20(27)28-2)23-18(25)12-5-3-4-6-13(12)19(23)26/h3-9,16-17H,1-2H3/t16-,17-/m0/s1. The highest BCUT2D eigenvalue weighted by Crippen LogP contribution is 2.38. The van der Waals surface area contributed by atoms with Gasteiger partial charge in [0.1, 0.15) is 5.75 Å². The van der Waals surface area contributed by atoms with Gasteiger partial charge >= 0.3 is 11.9 Å².